The smallest absolute Gasteiger partial charge is 0.195 e. The van der Waals surface area contributed by atoms with Crippen LogP contribution in [0.15, 0.2) is 47.5 Å². The van der Waals surface area contributed by atoms with Crippen molar-refractivity contribution in [2.24, 2.45) is 10.9 Å². The zero-order chi connectivity index (χ0) is 22.8. The van der Waals surface area contributed by atoms with Gasteiger partial charge >= 0.3 is 0 Å². The number of anilines is 1. The molecule has 2 aromatic carbocycles. The third-order valence-corrected chi connectivity index (χ3v) is 5.78. The Balaban J connectivity index is 1.44. The summed E-state index contributed by atoms with van der Waals surface area (Å²) in [6.45, 7) is 6.68. The second-order valence-electron chi connectivity index (χ2n) is 7.94. The monoisotopic (exact) mass is 440 g/mol. The van der Waals surface area contributed by atoms with Gasteiger partial charge in [-0.15, -0.1) is 0 Å². The number of ether oxygens (including phenoxy) is 3. The Bertz CT molecular complexity index is 862. The first-order valence-corrected chi connectivity index (χ1v) is 11.3. The maximum absolute atomic E-state index is 5.59. The quantitative estimate of drug-likeness (QED) is 0.454. The number of benzene rings is 2. The van der Waals surface area contributed by atoms with Gasteiger partial charge in [-0.25, -0.2) is 0 Å². The first kappa shape index (κ1) is 23.7. The van der Waals surface area contributed by atoms with Crippen LogP contribution in [0.3, 0.4) is 0 Å². The molecule has 32 heavy (non-hydrogen) atoms. The van der Waals surface area contributed by atoms with Crippen LogP contribution in [0.5, 0.6) is 17.2 Å². The van der Waals surface area contributed by atoms with Crippen molar-refractivity contribution < 1.29 is 14.2 Å². The summed E-state index contributed by atoms with van der Waals surface area (Å²) in [5, 5.41) is 6.82. The molecule has 0 aromatic heterocycles. The largest absolute Gasteiger partial charge is 0.497 e. The Hall–Kier alpha value is -2.93. The van der Waals surface area contributed by atoms with Crippen LogP contribution in [-0.2, 0) is 6.54 Å². The fraction of sp³-hybridized carbons (Fsp3) is 0.480. The van der Waals surface area contributed by atoms with E-state index in [2.05, 4.69) is 32.7 Å². The topological polar surface area (TPSA) is 67.4 Å². The fourth-order valence-electron chi connectivity index (χ4n) is 3.91. The lowest BCUT2D eigenvalue weighted by Gasteiger charge is -2.32. The van der Waals surface area contributed by atoms with Gasteiger partial charge < -0.3 is 24.8 Å². The number of nitrogens with one attached hydrogen (secondary N) is 2. The van der Waals surface area contributed by atoms with E-state index in [4.69, 9.17) is 14.2 Å². The molecule has 1 fully saturated rings. The lowest BCUT2D eigenvalue weighted by atomic mass is 9.96. The number of likely N-dealkylation sites (tertiary alicyclic amines) is 1. The van der Waals surface area contributed by atoms with E-state index in [1.54, 1.807) is 21.3 Å². The minimum atomic E-state index is 0.602. The van der Waals surface area contributed by atoms with Gasteiger partial charge in [-0.3, -0.25) is 9.89 Å². The highest BCUT2D eigenvalue weighted by atomic mass is 16.5. The Kier molecular flexibility index (Phi) is 9.04. The summed E-state index contributed by atoms with van der Waals surface area (Å²) in [5.74, 6) is 3.75. The Morgan fingerprint density at radius 2 is 1.78 bits per heavy atom. The molecule has 0 saturated carbocycles. The number of methoxy groups -OCH3 is 2. The van der Waals surface area contributed by atoms with Gasteiger partial charge in [0, 0.05) is 31.9 Å². The van der Waals surface area contributed by atoms with Crippen LogP contribution in [0.25, 0.3) is 0 Å². The third kappa shape index (κ3) is 6.79. The third-order valence-electron chi connectivity index (χ3n) is 5.78. The van der Waals surface area contributed by atoms with E-state index in [0.29, 0.717) is 18.3 Å². The molecule has 2 aromatic rings. The molecule has 0 aliphatic carbocycles. The van der Waals surface area contributed by atoms with Gasteiger partial charge in [0.1, 0.15) is 5.75 Å². The number of rotatable bonds is 9. The van der Waals surface area contributed by atoms with Crippen LogP contribution in [0.2, 0.25) is 0 Å². The molecule has 0 unspecified atom stereocenters. The van der Waals surface area contributed by atoms with E-state index < -0.39 is 0 Å². The molecule has 0 atom stereocenters. The molecule has 1 heterocycles. The van der Waals surface area contributed by atoms with Gasteiger partial charge in [-0.1, -0.05) is 12.1 Å². The van der Waals surface area contributed by atoms with Crippen molar-refractivity contribution in [1.82, 2.24) is 10.2 Å². The van der Waals surface area contributed by atoms with Crippen molar-refractivity contribution in [3.8, 4) is 17.2 Å². The Labute approximate surface area is 191 Å². The molecule has 1 aliphatic rings. The summed E-state index contributed by atoms with van der Waals surface area (Å²) >= 11 is 0. The normalized spacial score (nSPS) is 15.3. The molecule has 7 heteroatoms. The predicted molar refractivity (Wildman–Crippen MR) is 130 cm³/mol. The van der Waals surface area contributed by atoms with Crippen LogP contribution in [0.1, 0.15) is 25.3 Å². The maximum atomic E-state index is 5.59. The van der Waals surface area contributed by atoms with E-state index in [-0.39, 0.29) is 0 Å². The number of guanidine groups is 1. The first-order valence-electron chi connectivity index (χ1n) is 11.3. The minimum Gasteiger partial charge on any atom is -0.497 e. The maximum Gasteiger partial charge on any atom is 0.195 e. The SMILES string of the molecule is CCOc1ccc(NC(=NC)NCC2CCN(Cc3ccc(OC)cc3)CC2)cc1OC. The van der Waals surface area contributed by atoms with E-state index >= 15 is 0 Å². The summed E-state index contributed by atoms with van der Waals surface area (Å²) in [5.41, 5.74) is 2.24. The summed E-state index contributed by atoms with van der Waals surface area (Å²) in [7, 11) is 5.14. The molecule has 1 saturated heterocycles. The molecule has 174 valence electrons. The van der Waals surface area contributed by atoms with Gasteiger partial charge in [-0.2, -0.15) is 0 Å². The van der Waals surface area contributed by atoms with Crippen LogP contribution >= 0.6 is 0 Å². The Morgan fingerprint density at radius 1 is 1.03 bits per heavy atom. The molecule has 1 aliphatic heterocycles. The average Bonchev–Trinajstić information content (AvgIpc) is 2.84. The lowest BCUT2D eigenvalue weighted by Crippen LogP contribution is -2.40. The fourth-order valence-corrected chi connectivity index (χ4v) is 3.91. The molecule has 0 bridgehead atoms. The van der Waals surface area contributed by atoms with E-state index in [1.807, 2.05) is 37.3 Å². The van der Waals surface area contributed by atoms with E-state index in [9.17, 15) is 0 Å². The zero-order valence-electron chi connectivity index (χ0n) is 19.7. The van der Waals surface area contributed by atoms with Crippen molar-refractivity contribution in [1.29, 1.82) is 0 Å². The standard InChI is InChI=1S/C25H36N4O3/c1-5-32-23-11-8-21(16-24(23)31-4)28-25(26-2)27-17-19-12-14-29(15-13-19)18-20-6-9-22(30-3)10-7-20/h6-11,16,19H,5,12-15,17-18H2,1-4H3,(H2,26,27,28). The number of aliphatic imine (C=N–C) groups is 1. The number of hydrogen-bond donors (Lipinski definition) is 2. The zero-order valence-corrected chi connectivity index (χ0v) is 19.7. The van der Waals surface area contributed by atoms with Crippen molar-refractivity contribution in [2.75, 3.05) is 52.8 Å². The van der Waals surface area contributed by atoms with Crippen molar-refractivity contribution in [3.63, 3.8) is 0 Å². The van der Waals surface area contributed by atoms with Crippen LogP contribution in [0.4, 0.5) is 5.69 Å². The molecular weight excluding hydrogens is 404 g/mol. The second-order valence-corrected chi connectivity index (χ2v) is 7.94. The van der Waals surface area contributed by atoms with Crippen molar-refractivity contribution in [3.05, 3.63) is 48.0 Å². The molecule has 2 N–H and O–H groups in total. The molecular formula is C25H36N4O3. The minimum absolute atomic E-state index is 0.602. The molecule has 0 radical (unpaired) electrons. The molecule has 3 rings (SSSR count). The van der Waals surface area contributed by atoms with E-state index in [0.717, 1.165) is 49.3 Å². The molecule has 0 spiro atoms. The number of piperidine rings is 1. The highest BCUT2D eigenvalue weighted by Crippen LogP contribution is 2.30. The first-order chi connectivity index (χ1) is 15.6. The summed E-state index contributed by atoms with van der Waals surface area (Å²) < 4.78 is 16.3. The average molecular weight is 441 g/mol. The van der Waals surface area contributed by atoms with Crippen LogP contribution in [-0.4, -0.2) is 58.4 Å². The van der Waals surface area contributed by atoms with Crippen molar-refractivity contribution >= 4 is 11.6 Å². The van der Waals surface area contributed by atoms with Crippen LogP contribution in [0, 0.1) is 5.92 Å². The van der Waals surface area contributed by atoms with Gasteiger partial charge in [-0.05, 0) is 68.6 Å². The van der Waals surface area contributed by atoms with Gasteiger partial charge in [0.25, 0.3) is 0 Å². The van der Waals surface area contributed by atoms with Crippen molar-refractivity contribution in [2.45, 2.75) is 26.3 Å². The predicted octanol–water partition coefficient (Wildman–Crippen LogP) is 4.00. The molecule has 7 nitrogen and oxygen atoms in total. The van der Waals surface area contributed by atoms with E-state index in [1.165, 1.54) is 18.4 Å². The summed E-state index contributed by atoms with van der Waals surface area (Å²) in [6, 6.07) is 14.2. The second kappa shape index (κ2) is 12.2. The van der Waals surface area contributed by atoms with Gasteiger partial charge in [0.05, 0.1) is 20.8 Å². The number of hydrogen-bond acceptors (Lipinski definition) is 5. The highest BCUT2D eigenvalue weighted by Gasteiger charge is 2.19. The Morgan fingerprint density at radius 3 is 2.41 bits per heavy atom. The van der Waals surface area contributed by atoms with Gasteiger partial charge in [0.2, 0.25) is 0 Å². The van der Waals surface area contributed by atoms with Crippen LogP contribution < -0.4 is 24.8 Å². The summed E-state index contributed by atoms with van der Waals surface area (Å²) in [6.07, 6.45) is 2.36. The van der Waals surface area contributed by atoms with Gasteiger partial charge in [0.15, 0.2) is 17.5 Å². The molecule has 0 amide bonds. The highest BCUT2D eigenvalue weighted by molar-refractivity contribution is 5.93. The summed E-state index contributed by atoms with van der Waals surface area (Å²) in [4.78, 5) is 6.89. The lowest BCUT2D eigenvalue weighted by molar-refractivity contribution is 0.178. The number of nitrogens with zero attached hydrogens (tertiary/aromatic N) is 2.